The number of nitrogens with zero attached hydrogens (tertiary/aromatic N) is 2. The molecule has 1 fully saturated rings. The average Bonchev–Trinajstić information content (AvgIpc) is 2.96. The number of fused-ring (bicyclic) bond motifs is 1. The van der Waals surface area contributed by atoms with Gasteiger partial charge in [-0.3, -0.25) is 14.2 Å². The number of carbonyl (C=O) groups is 1. The van der Waals surface area contributed by atoms with E-state index in [1.807, 2.05) is 0 Å². The zero-order chi connectivity index (χ0) is 14.8. The number of hydrogen-bond acceptors (Lipinski definition) is 5. The molecule has 1 aromatic heterocycles. The molecule has 0 radical (unpaired) electrons. The lowest BCUT2D eigenvalue weighted by Gasteiger charge is -2.25. The van der Waals surface area contributed by atoms with Gasteiger partial charge in [-0.05, 0) is 31.6 Å². The van der Waals surface area contributed by atoms with Crippen LogP contribution in [-0.2, 0) is 6.54 Å². The van der Waals surface area contributed by atoms with Gasteiger partial charge in [-0.25, -0.2) is 4.98 Å². The van der Waals surface area contributed by atoms with E-state index in [9.17, 15) is 14.7 Å². The third-order valence-corrected chi connectivity index (χ3v) is 5.14. The van der Waals surface area contributed by atoms with Crippen molar-refractivity contribution in [3.05, 3.63) is 22.1 Å². The topological polar surface area (TPSA) is 84.2 Å². The summed E-state index contributed by atoms with van der Waals surface area (Å²) in [5.41, 5.74) is -0.126. The minimum atomic E-state index is -0.342. The second-order valence-corrected chi connectivity index (χ2v) is 6.71. The molecule has 21 heavy (non-hydrogen) atoms. The van der Waals surface area contributed by atoms with E-state index < -0.39 is 0 Å². The quantitative estimate of drug-likeness (QED) is 0.800. The van der Waals surface area contributed by atoms with E-state index in [1.54, 1.807) is 4.57 Å². The molecule has 0 atom stereocenters. The first-order valence-electron chi connectivity index (χ1n) is 7.34. The van der Waals surface area contributed by atoms with Crippen molar-refractivity contribution in [1.82, 2.24) is 14.9 Å². The smallest absolute Gasteiger partial charge is 0.267 e. The fourth-order valence-electron chi connectivity index (χ4n) is 2.85. The van der Waals surface area contributed by atoms with Gasteiger partial charge in [0.2, 0.25) is 0 Å². The molecule has 2 N–H and O–H groups in total. The molecule has 0 saturated heterocycles. The fraction of sp³-hybridized carbons (Fsp3) is 0.643. The van der Waals surface area contributed by atoms with E-state index in [0.29, 0.717) is 24.2 Å². The Kier molecular flexibility index (Phi) is 4.30. The summed E-state index contributed by atoms with van der Waals surface area (Å²) < 4.78 is 1.57. The zero-order valence-electron chi connectivity index (χ0n) is 11.7. The fourth-order valence-corrected chi connectivity index (χ4v) is 3.77. The number of rotatable bonds is 3. The van der Waals surface area contributed by atoms with Gasteiger partial charge in [-0.2, -0.15) is 0 Å². The third-order valence-electron chi connectivity index (χ3n) is 4.17. The Bertz CT molecular complexity index is 594. The van der Waals surface area contributed by atoms with E-state index in [1.165, 1.54) is 18.0 Å². The third kappa shape index (κ3) is 3.13. The van der Waals surface area contributed by atoms with Crippen molar-refractivity contribution in [3.63, 3.8) is 0 Å². The van der Waals surface area contributed by atoms with Crippen LogP contribution in [0.5, 0.6) is 0 Å². The highest BCUT2D eigenvalue weighted by Crippen LogP contribution is 2.23. The number of hydrogen-bond donors (Lipinski definition) is 2. The minimum Gasteiger partial charge on any atom is -0.393 e. The summed E-state index contributed by atoms with van der Waals surface area (Å²) in [7, 11) is 0. The first-order valence-corrected chi connectivity index (χ1v) is 8.32. The summed E-state index contributed by atoms with van der Waals surface area (Å²) in [4.78, 5) is 28.5. The lowest BCUT2D eigenvalue weighted by Crippen LogP contribution is -2.36. The number of aliphatic hydroxyl groups excluding tert-OH is 1. The maximum absolute atomic E-state index is 12.2. The number of thioether (sulfide) groups is 1. The van der Waals surface area contributed by atoms with Gasteiger partial charge in [0.1, 0.15) is 5.56 Å². The SMILES string of the molecule is O=C(NCC1CCC(O)CC1)c1cnc2n(c1=O)CCS2. The van der Waals surface area contributed by atoms with Crippen LogP contribution in [-0.4, -0.2) is 39.0 Å². The van der Waals surface area contributed by atoms with Crippen molar-refractivity contribution in [2.24, 2.45) is 5.92 Å². The number of carbonyl (C=O) groups excluding carboxylic acids is 1. The van der Waals surface area contributed by atoms with Gasteiger partial charge in [0.15, 0.2) is 5.16 Å². The van der Waals surface area contributed by atoms with Crippen LogP contribution >= 0.6 is 11.8 Å². The van der Waals surface area contributed by atoms with Gasteiger partial charge in [0.25, 0.3) is 11.5 Å². The molecule has 0 bridgehead atoms. The maximum atomic E-state index is 12.2. The highest BCUT2D eigenvalue weighted by molar-refractivity contribution is 7.99. The van der Waals surface area contributed by atoms with Gasteiger partial charge < -0.3 is 10.4 Å². The maximum Gasteiger partial charge on any atom is 0.267 e. The molecule has 1 aliphatic heterocycles. The van der Waals surface area contributed by atoms with Gasteiger partial charge in [0.05, 0.1) is 6.10 Å². The molecule has 1 saturated carbocycles. The second-order valence-electron chi connectivity index (χ2n) is 5.64. The van der Waals surface area contributed by atoms with Crippen molar-refractivity contribution in [2.45, 2.75) is 43.5 Å². The lowest BCUT2D eigenvalue weighted by molar-refractivity contribution is 0.0907. The van der Waals surface area contributed by atoms with E-state index >= 15 is 0 Å². The van der Waals surface area contributed by atoms with E-state index in [4.69, 9.17) is 0 Å². The standard InChI is InChI=1S/C14H19N3O3S/c18-10-3-1-9(2-4-10)7-15-12(19)11-8-16-14-17(13(11)20)5-6-21-14/h8-10,18H,1-7H2,(H,15,19). The summed E-state index contributed by atoms with van der Waals surface area (Å²) in [6.07, 6.45) is 4.60. The molecule has 7 heteroatoms. The molecule has 0 unspecified atom stereocenters. The molecule has 1 aromatic rings. The molecular formula is C14H19N3O3S. The molecule has 2 aliphatic rings. The Morgan fingerprint density at radius 1 is 1.43 bits per heavy atom. The molecular weight excluding hydrogens is 290 g/mol. The summed E-state index contributed by atoms with van der Waals surface area (Å²) in [6, 6.07) is 0. The molecule has 2 heterocycles. The normalized spacial score (nSPS) is 24.6. The molecule has 1 amide bonds. The van der Waals surface area contributed by atoms with Crippen molar-refractivity contribution < 1.29 is 9.90 Å². The Morgan fingerprint density at radius 3 is 2.95 bits per heavy atom. The van der Waals surface area contributed by atoms with Gasteiger partial charge in [-0.1, -0.05) is 11.8 Å². The Balaban J connectivity index is 1.62. The molecule has 0 aromatic carbocycles. The van der Waals surface area contributed by atoms with Crippen LogP contribution in [0.25, 0.3) is 0 Å². The van der Waals surface area contributed by atoms with Crippen molar-refractivity contribution >= 4 is 17.7 Å². The molecule has 3 rings (SSSR count). The lowest BCUT2D eigenvalue weighted by atomic mass is 9.87. The summed E-state index contributed by atoms with van der Waals surface area (Å²) in [5.74, 6) is 0.876. The summed E-state index contributed by atoms with van der Waals surface area (Å²) >= 11 is 1.54. The summed E-state index contributed by atoms with van der Waals surface area (Å²) in [5, 5.41) is 13.0. The van der Waals surface area contributed by atoms with Crippen LogP contribution in [0, 0.1) is 5.92 Å². The van der Waals surface area contributed by atoms with Crippen LogP contribution in [0.1, 0.15) is 36.0 Å². The zero-order valence-corrected chi connectivity index (χ0v) is 12.6. The molecule has 114 valence electrons. The second kappa shape index (κ2) is 6.19. The highest BCUT2D eigenvalue weighted by Gasteiger charge is 2.22. The number of amides is 1. The molecule has 0 spiro atoms. The Labute approximate surface area is 127 Å². The number of aliphatic hydroxyl groups is 1. The van der Waals surface area contributed by atoms with Crippen molar-refractivity contribution in [3.8, 4) is 0 Å². The predicted octanol–water partition coefficient (Wildman–Crippen LogP) is 0.630. The van der Waals surface area contributed by atoms with Gasteiger partial charge in [0, 0.05) is 25.0 Å². The Morgan fingerprint density at radius 2 is 2.19 bits per heavy atom. The van der Waals surface area contributed by atoms with Crippen LogP contribution in [0.15, 0.2) is 16.1 Å². The monoisotopic (exact) mass is 309 g/mol. The predicted molar refractivity (Wildman–Crippen MR) is 79.5 cm³/mol. The molecule has 1 aliphatic carbocycles. The molecule has 6 nitrogen and oxygen atoms in total. The van der Waals surface area contributed by atoms with Crippen molar-refractivity contribution in [2.75, 3.05) is 12.3 Å². The highest BCUT2D eigenvalue weighted by atomic mass is 32.2. The number of aromatic nitrogens is 2. The van der Waals surface area contributed by atoms with Gasteiger partial charge in [-0.15, -0.1) is 0 Å². The number of nitrogens with one attached hydrogen (secondary N) is 1. The van der Waals surface area contributed by atoms with Crippen molar-refractivity contribution in [1.29, 1.82) is 0 Å². The largest absolute Gasteiger partial charge is 0.393 e. The van der Waals surface area contributed by atoms with Gasteiger partial charge >= 0.3 is 0 Å². The minimum absolute atomic E-state index is 0.122. The first-order chi connectivity index (χ1) is 10.1. The van der Waals surface area contributed by atoms with E-state index in [0.717, 1.165) is 31.4 Å². The van der Waals surface area contributed by atoms with Crippen LogP contribution < -0.4 is 10.9 Å². The first kappa shape index (κ1) is 14.6. The summed E-state index contributed by atoms with van der Waals surface area (Å²) in [6.45, 7) is 1.18. The van der Waals surface area contributed by atoms with E-state index in [2.05, 4.69) is 10.3 Å². The van der Waals surface area contributed by atoms with Crippen LogP contribution in [0.4, 0.5) is 0 Å². The van der Waals surface area contributed by atoms with Crippen LogP contribution in [0.2, 0.25) is 0 Å². The average molecular weight is 309 g/mol. The Hall–Kier alpha value is -1.34. The van der Waals surface area contributed by atoms with E-state index in [-0.39, 0.29) is 23.1 Å². The van der Waals surface area contributed by atoms with Crippen LogP contribution in [0.3, 0.4) is 0 Å².